The summed E-state index contributed by atoms with van der Waals surface area (Å²) in [5, 5.41) is 1.82. The lowest BCUT2D eigenvalue weighted by molar-refractivity contribution is -0.123. The first-order valence-electron chi connectivity index (χ1n) is 5.81. The van der Waals surface area contributed by atoms with Crippen molar-refractivity contribution < 1.29 is 13.9 Å². The SMILES string of the molecule is O=C(C=Cc1ccc(F)cc1)NN1CCOCC1. The second kappa shape index (κ2) is 6.28. The van der Waals surface area contributed by atoms with Gasteiger partial charge in [0.05, 0.1) is 13.2 Å². The maximum atomic E-state index is 12.7. The van der Waals surface area contributed by atoms with Gasteiger partial charge in [0.2, 0.25) is 0 Å². The van der Waals surface area contributed by atoms with Gasteiger partial charge in [-0.3, -0.25) is 10.2 Å². The van der Waals surface area contributed by atoms with Gasteiger partial charge in [-0.25, -0.2) is 9.40 Å². The van der Waals surface area contributed by atoms with E-state index >= 15 is 0 Å². The number of hydrazine groups is 1. The van der Waals surface area contributed by atoms with E-state index in [9.17, 15) is 9.18 Å². The van der Waals surface area contributed by atoms with E-state index in [1.807, 2.05) is 5.01 Å². The van der Waals surface area contributed by atoms with Crippen LogP contribution in [0.5, 0.6) is 0 Å². The summed E-state index contributed by atoms with van der Waals surface area (Å²) < 4.78 is 17.8. The molecule has 4 nitrogen and oxygen atoms in total. The Balaban J connectivity index is 1.84. The molecule has 1 aliphatic heterocycles. The third-order valence-electron chi connectivity index (χ3n) is 2.58. The van der Waals surface area contributed by atoms with Crippen LogP contribution in [0.15, 0.2) is 30.3 Å². The Morgan fingerprint density at radius 1 is 1.28 bits per heavy atom. The predicted molar refractivity (Wildman–Crippen MR) is 66.0 cm³/mol. The van der Waals surface area contributed by atoms with Crippen molar-refractivity contribution in [2.75, 3.05) is 26.3 Å². The van der Waals surface area contributed by atoms with Gasteiger partial charge >= 0.3 is 0 Å². The molecule has 0 aliphatic carbocycles. The van der Waals surface area contributed by atoms with Crippen molar-refractivity contribution in [2.45, 2.75) is 0 Å². The highest BCUT2D eigenvalue weighted by atomic mass is 19.1. The van der Waals surface area contributed by atoms with Crippen molar-refractivity contribution in [3.05, 3.63) is 41.7 Å². The molecule has 0 radical (unpaired) electrons. The minimum absolute atomic E-state index is 0.193. The molecule has 2 rings (SSSR count). The normalized spacial score (nSPS) is 16.9. The summed E-state index contributed by atoms with van der Waals surface area (Å²) in [4.78, 5) is 11.6. The molecule has 96 valence electrons. The van der Waals surface area contributed by atoms with Gasteiger partial charge in [0.1, 0.15) is 5.82 Å². The Morgan fingerprint density at radius 2 is 1.94 bits per heavy atom. The maximum Gasteiger partial charge on any atom is 0.258 e. The highest BCUT2D eigenvalue weighted by molar-refractivity contribution is 5.91. The van der Waals surface area contributed by atoms with Crippen LogP contribution in [-0.2, 0) is 9.53 Å². The molecule has 1 saturated heterocycles. The van der Waals surface area contributed by atoms with E-state index in [4.69, 9.17) is 4.74 Å². The van der Waals surface area contributed by atoms with Crippen molar-refractivity contribution in [3.8, 4) is 0 Å². The van der Waals surface area contributed by atoms with Gasteiger partial charge in [-0.05, 0) is 23.8 Å². The average Bonchev–Trinajstić information content (AvgIpc) is 2.39. The summed E-state index contributed by atoms with van der Waals surface area (Å²) in [6.45, 7) is 2.64. The summed E-state index contributed by atoms with van der Waals surface area (Å²) in [6.07, 6.45) is 3.08. The lowest BCUT2D eigenvalue weighted by Crippen LogP contribution is -2.47. The van der Waals surface area contributed by atoms with Crippen molar-refractivity contribution in [2.24, 2.45) is 0 Å². The number of halogens is 1. The fourth-order valence-electron chi connectivity index (χ4n) is 1.61. The highest BCUT2D eigenvalue weighted by Crippen LogP contribution is 2.04. The van der Waals surface area contributed by atoms with Crippen molar-refractivity contribution in [1.82, 2.24) is 10.4 Å². The minimum Gasteiger partial charge on any atom is -0.379 e. The number of hydrogen-bond donors (Lipinski definition) is 1. The first kappa shape index (κ1) is 12.7. The smallest absolute Gasteiger partial charge is 0.258 e. The van der Waals surface area contributed by atoms with Gasteiger partial charge in [-0.1, -0.05) is 12.1 Å². The van der Waals surface area contributed by atoms with Crippen LogP contribution >= 0.6 is 0 Å². The number of hydrogen-bond acceptors (Lipinski definition) is 3. The molecule has 1 heterocycles. The van der Waals surface area contributed by atoms with Crippen molar-refractivity contribution in [1.29, 1.82) is 0 Å². The molecule has 1 aromatic rings. The standard InChI is InChI=1S/C13H15FN2O2/c14-12-4-1-11(2-5-12)3-6-13(17)15-16-7-9-18-10-8-16/h1-6H,7-10H2,(H,15,17). The third-order valence-corrected chi connectivity index (χ3v) is 2.58. The largest absolute Gasteiger partial charge is 0.379 e. The quantitative estimate of drug-likeness (QED) is 0.820. The molecule has 0 unspecified atom stereocenters. The highest BCUT2D eigenvalue weighted by Gasteiger charge is 2.10. The number of nitrogens with one attached hydrogen (secondary N) is 1. The number of rotatable bonds is 3. The number of ether oxygens (including phenoxy) is 1. The second-order valence-electron chi connectivity index (χ2n) is 3.96. The summed E-state index contributed by atoms with van der Waals surface area (Å²) in [5.74, 6) is -0.480. The molecule has 1 fully saturated rings. The molecule has 18 heavy (non-hydrogen) atoms. The van der Waals surface area contributed by atoms with E-state index in [2.05, 4.69) is 5.43 Å². The second-order valence-corrected chi connectivity index (χ2v) is 3.96. The van der Waals surface area contributed by atoms with Gasteiger partial charge in [-0.2, -0.15) is 0 Å². The van der Waals surface area contributed by atoms with Crippen LogP contribution in [0.1, 0.15) is 5.56 Å². The molecule has 5 heteroatoms. The van der Waals surface area contributed by atoms with Gasteiger partial charge in [0, 0.05) is 19.2 Å². The Labute approximate surface area is 105 Å². The van der Waals surface area contributed by atoms with Crippen LogP contribution in [0.25, 0.3) is 6.08 Å². The summed E-state index contributed by atoms with van der Waals surface area (Å²) in [6, 6.07) is 5.96. The van der Waals surface area contributed by atoms with E-state index in [0.717, 1.165) is 5.56 Å². The number of carbonyl (C=O) groups is 1. The van der Waals surface area contributed by atoms with Gasteiger partial charge in [0.15, 0.2) is 0 Å². The molecule has 0 atom stereocenters. The number of carbonyl (C=O) groups excluding carboxylic acids is 1. The van der Waals surface area contributed by atoms with E-state index in [-0.39, 0.29) is 11.7 Å². The van der Waals surface area contributed by atoms with Crippen LogP contribution in [-0.4, -0.2) is 37.2 Å². The molecule has 1 amide bonds. The van der Waals surface area contributed by atoms with Crippen molar-refractivity contribution >= 4 is 12.0 Å². The molecule has 0 bridgehead atoms. The van der Waals surface area contributed by atoms with E-state index in [1.165, 1.54) is 18.2 Å². The first-order chi connectivity index (χ1) is 8.74. The molecular weight excluding hydrogens is 235 g/mol. The lowest BCUT2D eigenvalue weighted by atomic mass is 10.2. The third kappa shape index (κ3) is 3.94. The molecule has 1 aromatic carbocycles. The van der Waals surface area contributed by atoms with Gasteiger partial charge < -0.3 is 4.74 Å². The molecule has 0 aromatic heterocycles. The number of benzene rings is 1. The van der Waals surface area contributed by atoms with Crippen LogP contribution in [0.4, 0.5) is 4.39 Å². The Hall–Kier alpha value is -1.72. The zero-order valence-corrected chi connectivity index (χ0v) is 9.93. The zero-order chi connectivity index (χ0) is 12.8. The summed E-state index contributed by atoms with van der Waals surface area (Å²) in [7, 11) is 0. The Bertz CT molecular complexity index is 425. The fraction of sp³-hybridized carbons (Fsp3) is 0.308. The van der Waals surface area contributed by atoms with E-state index in [0.29, 0.717) is 26.3 Å². The molecule has 0 spiro atoms. The van der Waals surface area contributed by atoms with Crippen LogP contribution in [0.3, 0.4) is 0 Å². The predicted octanol–water partition coefficient (Wildman–Crippen LogP) is 1.20. The number of amides is 1. The van der Waals surface area contributed by atoms with E-state index < -0.39 is 0 Å². The Kier molecular flexibility index (Phi) is 4.44. The molecular formula is C13H15FN2O2. The summed E-state index contributed by atoms with van der Waals surface area (Å²) >= 11 is 0. The van der Waals surface area contributed by atoms with Crippen molar-refractivity contribution in [3.63, 3.8) is 0 Å². The number of nitrogens with zero attached hydrogens (tertiary/aromatic N) is 1. The van der Waals surface area contributed by atoms with Crippen LogP contribution < -0.4 is 5.43 Å². The van der Waals surface area contributed by atoms with E-state index in [1.54, 1.807) is 18.2 Å². The van der Waals surface area contributed by atoms with Crippen LogP contribution in [0, 0.1) is 5.82 Å². The lowest BCUT2D eigenvalue weighted by Gasteiger charge is -2.26. The molecule has 1 N–H and O–H groups in total. The fourth-order valence-corrected chi connectivity index (χ4v) is 1.61. The average molecular weight is 250 g/mol. The molecule has 0 saturated carbocycles. The van der Waals surface area contributed by atoms with Crippen LogP contribution in [0.2, 0.25) is 0 Å². The monoisotopic (exact) mass is 250 g/mol. The number of morpholine rings is 1. The van der Waals surface area contributed by atoms with Gasteiger partial charge in [0.25, 0.3) is 5.91 Å². The Morgan fingerprint density at radius 3 is 2.61 bits per heavy atom. The summed E-state index contributed by atoms with van der Waals surface area (Å²) in [5.41, 5.74) is 3.54. The van der Waals surface area contributed by atoms with Gasteiger partial charge in [-0.15, -0.1) is 0 Å². The molecule has 1 aliphatic rings. The minimum atomic E-state index is -0.287. The topological polar surface area (TPSA) is 41.6 Å². The zero-order valence-electron chi connectivity index (χ0n) is 9.93. The first-order valence-corrected chi connectivity index (χ1v) is 5.81. The maximum absolute atomic E-state index is 12.7.